The molecule has 5 aromatic rings. The number of anilines is 1. The van der Waals surface area contributed by atoms with Crippen molar-refractivity contribution >= 4 is 17.5 Å². The summed E-state index contributed by atoms with van der Waals surface area (Å²) in [7, 11) is 3.48. The van der Waals surface area contributed by atoms with E-state index >= 15 is 0 Å². The second kappa shape index (κ2) is 12.0. The Balaban J connectivity index is 1.28. The molecular formula is C36H34N4O3. The molecule has 0 aliphatic carbocycles. The summed E-state index contributed by atoms with van der Waals surface area (Å²) in [5, 5.41) is 0. The minimum Gasteiger partial charge on any atom is -0.497 e. The quantitative estimate of drug-likeness (QED) is 0.227. The van der Waals surface area contributed by atoms with Gasteiger partial charge < -0.3 is 19.1 Å². The summed E-state index contributed by atoms with van der Waals surface area (Å²) >= 11 is 0. The van der Waals surface area contributed by atoms with Crippen molar-refractivity contribution < 1.29 is 14.3 Å². The molecule has 0 atom stereocenters. The Labute approximate surface area is 252 Å². The number of fused-ring (bicyclic) bond motifs is 2. The lowest BCUT2D eigenvalue weighted by Crippen LogP contribution is -2.31. The lowest BCUT2D eigenvalue weighted by atomic mass is 9.97. The first-order valence-electron chi connectivity index (χ1n) is 14.4. The van der Waals surface area contributed by atoms with Gasteiger partial charge >= 0.3 is 0 Å². The molecule has 0 saturated heterocycles. The molecule has 3 heterocycles. The molecule has 0 radical (unpaired) electrons. The van der Waals surface area contributed by atoms with Gasteiger partial charge in [0.25, 0.3) is 11.8 Å². The number of benzene rings is 3. The molecule has 0 unspecified atom stereocenters. The fourth-order valence-corrected chi connectivity index (χ4v) is 5.72. The Morgan fingerprint density at radius 1 is 0.907 bits per heavy atom. The van der Waals surface area contributed by atoms with Gasteiger partial charge in [-0.2, -0.15) is 0 Å². The first-order valence-corrected chi connectivity index (χ1v) is 14.4. The maximum atomic E-state index is 14.1. The Morgan fingerprint density at radius 2 is 1.74 bits per heavy atom. The first kappa shape index (κ1) is 28.0. The zero-order chi connectivity index (χ0) is 29.9. The number of methoxy groups -OCH3 is 1. The van der Waals surface area contributed by atoms with Crippen LogP contribution in [-0.4, -0.2) is 47.0 Å². The van der Waals surface area contributed by atoms with E-state index in [0.717, 1.165) is 45.1 Å². The third kappa shape index (κ3) is 5.66. The number of ether oxygens (including phenoxy) is 1. The van der Waals surface area contributed by atoms with Gasteiger partial charge in [-0.25, -0.2) is 0 Å². The number of rotatable bonds is 7. The number of nitrogens with zero attached hydrogens (tertiary/aromatic N) is 4. The fourth-order valence-electron chi connectivity index (χ4n) is 5.72. The number of aromatic nitrogens is 2. The molecule has 0 saturated carbocycles. The smallest absolute Gasteiger partial charge is 0.270 e. The number of amides is 2. The average molecular weight is 571 g/mol. The second-order valence-corrected chi connectivity index (χ2v) is 10.9. The number of carbonyl (C=O) groups is 2. The zero-order valence-corrected chi connectivity index (χ0v) is 24.7. The molecule has 216 valence electrons. The van der Waals surface area contributed by atoms with Crippen LogP contribution >= 0.6 is 0 Å². The van der Waals surface area contributed by atoms with Crippen LogP contribution in [0.1, 0.15) is 43.4 Å². The maximum Gasteiger partial charge on any atom is 0.270 e. The van der Waals surface area contributed by atoms with Crippen LogP contribution in [0.4, 0.5) is 5.69 Å². The molecule has 3 aromatic carbocycles. The normalized spacial score (nSPS) is 12.2. The lowest BCUT2D eigenvalue weighted by Gasteiger charge is -2.23. The topological polar surface area (TPSA) is 67.7 Å². The van der Waals surface area contributed by atoms with Gasteiger partial charge in [-0.15, -0.1) is 0 Å². The highest BCUT2D eigenvalue weighted by Gasteiger charge is 2.28. The monoisotopic (exact) mass is 570 g/mol. The van der Waals surface area contributed by atoms with Gasteiger partial charge in [0, 0.05) is 48.8 Å². The third-order valence-electron chi connectivity index (χ3n) is 8.10. The van der Waals surface area contributed by atoms with E-state index in [1.54, 1.807) is 18.2 Å². The van der Waals surface area contributed by atoms with E-state index in [9.17, 15) is 9.59 Å². The Hall–Kier alpha value is -5.17. The molecule has 0 N–H and O–H groups in total. The highest BCUT2D eigenvalue weighted by atomic mass is 16.5. The van der Waals surface area contributed by atoms with Crippen molar-refractivity contribution in [1.82, 2.24) is 14.5 Å². The summed E-state index contributed by atoms with van der Waals surface area (Å²) in [4.78, 5) is 35.6. The number of hydrogen-bond donors (Lipinski definition) is 0. The van der Waals surface area contributed by atoms with Crippen LogP contribution in [0.2, 0.25) is 0 Å². The van der Waals surface area contributed by atoms with Crippen molar-refractivity contribution in [2.24, 2.45) is 0 Å². The van der Waals surface area contributed by atoms with Crippen LogP contribution in [0.5, 0.6) is 5.75 Å². The predicted octanol–water partition coefficient (Wildman–Crippen LogP) is 6.39. The van der Waals surface area contributed by atoms with E-state index in [1.807, 2.05) is 121 Å². The van der Waals surface area contributed by atoms with E-state index < -0.39 is 0 Å². The van der Waals surface area contributed by atoms with Crippen molar-refractivity contribution in [3.05, 3.63) is 137 Å². The van der Waals surface area contributed by atoms with Gasteiger partial charge in [0.2, 0.25) is 0 Å². The molecule has 2 amide bonds. The number of carbonyl (C=O) groups excluding carboxylic acids is 2. The highest BCUT2D eigenvalue weighted by Crippen LogP contribution is 2.32. The standard InChI is InChI=1S/C36H34N4O3/c1-25-21-27(14-16-32(25)26-10-8-12-31(22-26)43-3)35(41)40-24-30-15-17-34(39(30)23-28-9-4-5-13-33(28)40)36(42)38(2)20-18-29-11-6-7-19-37-29/h4-17,19,21-22H,18,20,23-24H2,1-3H3. The van der Waals surface area contributed by atoms with E-state index in [-0.39, 0.29) is 11.8 Å². The second-order valence-electron chi connectivity index (χ2n) is 10.9. The van der Waals surface area contributed by atoms with Gasteiger partial charge in [-0.3, -0.25) is 14.6 Å². The largest absolute Gasteiger partial charge is 0.497 e. The predicted molar refractivity (Wildman–Crippen MR) is 169 cm³/mol. The molecule has 1 aliphatic rings. The molecule has 7 nitrogen and oxygen atoms in total. The number of para-hydroxylation sites is 1. The van der Waals surface area contributed by atoms with Crippen molar-refractivity contribution in [1.29, 1.82) is 0 Å². The van der Waals surface area contributed by atoms with Crippen molar-refractivity contribution in [2.75, 3.05) is 25.6 Å². The number of hydrogen-bond acceptors (Lipinski definition) is 4. The molecule has 1 aliphatic heterocycles. The molecule has 2 aromatic heterocycles. The molecule has 6 rings (SSSR count). The van der Waals surface area contributed by atoms with E-state index in [0.29, 0.717) is 37.3 Å². The highest BCUT2D eigenvalue weighted by molar-refractivity contribution is 6.07. The number of pyridine rings is 1. The van der Waals surface area contributed by atoms with E-state index in [1.165, 1.54) is 0 Å². The van der Waals surface area contributed by atoms with Crippen LogP contribution in [0.15, 0.2) is 103 Å². The van der Waals surface area contributed by atoms with Gasteiger partial charge in [-0.05, 0) is 83.8 Å². The van der Waals surface area contributed by atoms with Crippen LogP contribution < -0.4 is 9.64 Å². The van der Waals surface area contributed by atoms with Gasteiger partial charge in [0.15, 0.2) is 0 Å². The molecule has 43 heavy (non-hydrogen) atoms. The van der Waals surface area contributed by atoms with Crippen molar-refractivity contribution in [3.8, 4) is 16.9 Å². The first-order chi connectivity index (χ1) is 20.9. The van der Waals surface area contributed by atoms with Crippen molar-refractivity contribution in [2.45, 2.75) is 26.4 Å². The van der Waals surface area contributed by atoms with Gasteiger partial charge in [-0.1, -0.05) is 42.5 Å². The third-order valence-corrected chi connectivity index (χ3v) is 8.10. The molecular weight excluding hydrogens is 536 g/mol. The molecule has 0 bridgehead atoms. The Morgan fingerprint density at radius 3 is 2.53 bits per heavy atom. The van der Waals surface area contributed by atoms with Gasteiger partial charge in [0.05, 0.1) is 20.2 Å². The lowest BCUT2D eigenvalue weighted by molar-refractivity contribution is 0.0785. The maximum absolute atomic E-state index is 14.1. The minimum absolute atomic E-state index is 0.0526. The number of aryl methyl sites for hydroxylation is 1. The molecule has 0 spiro atoms. The summed E-state index contributed by atoms with van der Waals surface area (Å²) < 4.78 is 7.45. The molecule has 7 heteroatoms. The SMILES string of the molecule is COc1cccc(-c2ccc(C(=O)N3Cc4ccc(C(=O)N(C)CCc5ccccn5)n4Cc4ccccc43)cc2C)c1. The summed E-state index contributed by atoms with van der Waals surface area (Å²) in [6.07, 6.45) is 2.45. The van der Waals surface area contributed by atoms with Crippen LogP contribution in [0, 0.1) is 6.92 Å². The molecule has 0 fully saturated rings. The van der Waals surface area contributed by atoms with Crippen LogP contribution in [0.25, 0.3) is 11.1 Å². The van der Waals surface area contributed by atoms with Gasteiger partial charge in [0.1, 0.15) is 11.4 Å². The van der Waals surface area contributed by atoms with Crippen molar-refractivity contribution in [3.63, 3.8) is 0 Å². The van der Waals surface area contributed by atoms with Crippen LogP contribution in [-0.2, 0) is 19.5 Å². The van der Waals surface area contributed by atoms with Crippen LogP contribution in [0.3, 0.4) is 0 Å². The number of likely N-dealkylation sites (N-methyl/N-ethyl adjacent to an activating group) is 1. The average Bonchev–Trinajstić information content (AvgIpc) is 3.36. The van der Waals surface area contributed by atoms with E-state index in [4.69, 9.17) is 4.74 Å². The Bertz CT molecular complexity index is 1790. The summed E-state index contributed by atoms with van der Waals surface area (Å²) in [5.74, 6) is 0.657. The fraction of sp³-hybridized carbons (Fsp3) is 0.194. The zero-order valence-electron chi connectivity index (χ0n) is 24.7. The summed E-state index contributed by atoms with van der Waals surface area (Å²) in [5.41, 5.74) is 8.03. The Kier molecular flexibility index (Phi) is 7.79. The summed E-state index contributed by atoms with van der Waals surface area (Å²) in [6.45, 7) is 3.45. The van der Waals surface area contributed by atoms with E-state index in [2.05, 4.69) is 4.98 Å². The minimum atomic E-state index is -0.0808. The summed E-state index contributed by atoms with van der Waals surface area (Å²) in [6, 6.07) is 31.4.